The quantitative estimate of drug-likeness (QED) is 0.564. The first-order chi connectivity index (χ1) is 12.0. The lowest BCUT2D eigenvalue weighted by atomic mass is 10.0. The van der Waals surface area contributed by atoms with Crippen LogP contribution in [0.15, 0.2) is 49.0 Å². The largest absolute Gasteiger partial charge is 0.342 e. The first kappa shape index (κ1) is 16.0. The maximum atomic E-state index is 4.38. The maximum Gasteiger partial charge on any atom is 0.0488 e. The van der Waals surface area contributed by atoms with Crippen LogP contribution < -0.4 is 4.90 Å². The Morgan fingerprint density at radius 3 is 2.60 bits per heavy atom. The van der Waals surface area contributed by atoms with Crippen molar-refractivity contribution in [3.63, 3.8) is 0 Å². The van der Waals surface area contributed by atoms with Crippen molar-refractivity contribution in [2.75, 3.05) is 4.90 Å². The van der Waals surface area contributed by atoms with E-state index in [9.17, 15) is 0 Å². The summed E-state index contributed by atoms with van der Waals surface area (Å²) in [6.45, 7) is 14.2. The van der Waals surface area contributed by atoms with Crippen LogP contribution in [-0.4, -0.2) is 4.57 Å². The number of fused-ring (bicyclic) bond motifs is 2. The van der Waals surface area contributed by atoms with E-state index in [1.807, 2.05) is 0 Å². The molecule has 0 atom stereocenters. The zero-order valence-electron chi connectivity index (χ0n) is 15.6. The number of aryl methyl sites for hydroxylation is 2. The highest BCUT2D eigenvalue weighted by Crippen LogP contribution is 2.38. The average Bonchev–Trinajstić information content (AvgIpc) is 3.10. The lowest BCUT2D eigenvalue weighted by molar-refractivity contribution is 0.608. The summed E-state index contributed by atoms with van der Waals surface area (Å²) in [4.78, 5) is 2.34. The summed E-state index contributed by atoms with van der Waals surface area (Å²) in [6.07, 6.45) is 1.06. The lowest BCUT2D eigenvalue weighted by Gasteiger charge is -2.20. The van der Waals surface area contributed by atoms with Crippen LogP contribution in [0.1, 0.15) is 49.2 Å². The third-order valence-electron chi connectivity index (χ3n) is 5.39. The van der Waals surface area contributed by atoms with E-state index in [0.29, 0.717) is 6.04 Å². The first-order valence-corrected chi connectivity index (χ1v) is 9.19. The van der Waals surface area contributed by atoms with E-state index in [0.717, 1.165) is 18.7 Å². The van der Waals surface area contributed by atoms with E-state index < -0.39 is 0 Å². The summed E-state index contributed by atoms with van der Waals surface area (Å²) < 4.78 is 2.40. The molecule has 0 radical (unpaired) electrons. The molecule has 0 saturated heterocycles. The Bertz CT molecular complexity index is 975. The average molecular weight is 330 g/mol. The smallest absolute Gasteiger partial charge is 0.0488 e. The van der Waals surface area contributed by atoms with Crippen molar-refractivity contribution in [1.82, 2.24) is 4.57 Å². The van der Waals surface area contributed by atoms with Gasteiger partial charge < -0.3 is 9.47 Å². The van der Waals surface area contributed by atoms with Crippen molar-refractivity contribution in [1.29, 1.82) is 0 Å². The summed E-state index contributed by atoms with van der Waals surface area (Å²) in [5.74, 6) is 0. The van der Waals surface area contributed by atoms with Gasteiger partial charge >= 0.3 is 0 Å². The number of hydrogen-bond acceptors (Lipinski definition) is 1. The number of rotatable bonds is 3. The first-order valence-electron chi connectivity index (χ1n) is 9.19. The summed E-state index contributed by atoms with van der Waals surface area (Å²) in [5, 5.41) is 1.31. The fraction of sp³-hybridized carbons (Fsp3) is 0.304. The van der Waals surface area contributed by atoms with Gasteiger partial charge in [-0.25, -0.2) is 0 Å². The van der Waals surface area contributed by atoms with Gasteiger partial charge in [-0.2, -0.15) is 0 Å². The Kier molecular flexibility index (Phi) is 3.72. The van der Waals surface area contributed by atoms with Crippen LogP contribution in [0, 0.1) is 6.92 Å². The van der Waals surface area contributed by atoms with Gasteiger partial charge in [-0.15, -0.1) is 0 Å². The predicted molar refractivity (Wildman–Crippen MR) is 108 cm³/mol. The van der Waals surface area contributed by atoms with E-state index in [4.69, 9.17) is 0 Å². The van der Waals surface area contributed by atoms with Crippen molar-refractivity contribution in [2.24, 2.45) is 0 Å². The normalized spacial score (nSPS) is 14.0. The molecule has 1 aliphatic rings. The second kappa shape index (κ2) is 5.80. The molecule has 0 fully saturated rings. The highest BCUT2D eigenvalue weighted by Gasteiger charge is 2.24. The number of hydrogen-bond donors (Lipinski definition) is 0. The Morgan fingerprint density at radius 2 is 1.88 bits per heavy atom. The molecule has 0 amide bonds. The molecule has 0 spiro atoms. The molecule has 4 rings (SSSR count). The van der Waals surface area contributed by atoms with Crippen LogP contribution in [0.5, 0.6) is 0 Å². The number of benzene rings is 2. The van der Waals surface area contributed by atoms with Gasteiger partial charge in [0.05, 0.1) is 0 Å². The molecule has 128 valence electrons. The van der Waals surface area contributed by atoms with E-state index in [-0.39, 0.29) is 0 Å². The molecular weight excluding hydrogens is 304 g/mol. The highest BCUT2D eigenvalue weighted by atomic mass is 15.2. The van der Waals surface area contributed by atoms with Crippen molar-refractivity contribution in [3.8, 4) is 0 Å². The molecule has 1 aromatic heterocycles. The van der Waals surface area contributed by atoms with E-state index in [1.54, 1.807) is 0 Å². The van der Waals surface area contributed by atoms with Crippen molar-refractivity contribution >= 4 is 22.3 Å². The van der Waals surface area contributed by atoms with Crippen LogP contribution in [0.2, 0.25) is 0 Å². The molecule has 0 aliphatic carbocycles. The fourth-order valence-electron chi connectivity index (χ4n) is 4.12. The predicted octanol–water partition coefficient (Wildman–Crippen LogP) is 6.08. The minimum absolute atomic E-state index is 0.474. The SMILES string of the molecule is C=C1c2cc(CC)ccc2CN1c1ccc2c(c1)cc(C)n2C(C)C. The summed E-state index contributed by atoms with van der Waals surface area (Å²) in [6, 6.07) is 16.4. The summed E-state index contributed by atoms with van der Waals surface area (Å²) in [5.41, 5.74) is 9.03. The van der Waals surface area contributed by atoms with Crippen molar-refractivity contribution in [2.45, 2.75) is 46.7 Å². The molecule has 0 N–H and O–H groups in total. The standard InChI is InChI=1S/C23H26N2/c1-6-18-7-8-19-14-24(17(5)22(19)12-18)21-9-10-23-20(13-21)11-16(4)25(23)15(2)3/h7-13,15H,5-6,14H2,1-4H3. The lowest BCUT2D eigenvalue weighted by Crippen LogP contribution is -2.12. The molecule has 0 saturated carbocycles. The monoisotopic (exact) mass is 330 g/mol. The zero-order valence-corrected chi connectivity index (χ0v) is 15.6. The molecule has 3 aromatic rings. The molecule has 2 heterocycles. The van der Waals surface area contributed by atoms with Gasteiger partial charge in [0, 0.05) is 46.1 Å². The van der Waals surface area contributed by atoms with E-state index >= 15 is 0 Å². The van der Waals surface area contributed by atoms with Crippen molar-refractivity contribution < 1.29 is 0 Å². The Morgan fingerprint density at radius 1 is 1.08 bits per heavy atom. The Labute approximate surface area is 150 Å². The molecule has 1 aliphatic heterocycles. The minimum atomic E-state index is 0.474. The van der Waals surface area contributed by atoms with Gasteiger partial charge in [0.1, 0.15) is 0 Å². The second-order valence-electron chi connectivity index (χ2n) is 7.37. The Balaban J connectivity index is 1.75. The van der Waals surface area contributed by atoms with Crippen LogP contribution in [0.4, 0.5) is 5.69 Å². The van der Waals surface area contributed by atoms with Gasteiger partial charge in [-0.1, -0.05) is 25.6 Å². The molecule has 0 unspecified atom stereocenters. The van der Waals surface area contributed by atoms with Crippen molar-refractivity contribution in [3.05, 3.63) is 71.4 Å². The minimum Gasteiger partial charge on any atom is -0.342 e. The number of aromatic nitrogens is 1. The summed E-state index contributed by atoms with van der Waals surface area (Å²) in [7, 11) is 0. The third kappa shape index (κ3) is 2.48. The molecule has 25 heavy (non-hydrogen) atoms. The van der Waals surface area contributed by atoms with Gasteiger partial charge in [-0.05, 0) is 68.7 Å². The van der Waals surface area contributed by atoms with E-state index in [2.05, 4.69) is 86.2 Å². The highest BCUT2D eigenvalue weighted by molar-refractivity contribution is 5.90. The molecule has 2 heteroatoms. The molecule has 0 bridgehead atoms. The van der Waals surface area contributed by atoms with Gasteiger partial charge in [-0.3, -0.25) is 0 Å². The number of nitrogens with zero attached hydrogens (tertiary/aromatic N) is 2. The topological polar surface area (TPSA) is 8.17 Å². The summed E-state index contributed by atoms with van der Waals surface area (Å²) >= 11 is 0. The molecule has 2 nitrogen and oxygen atoms in total. The molecule has 2 aromatic carbocycles. The van der Waals surface area contributed by atoms with Crippen LogP contribution >= 0.6 is 0 Å². The maximum absolute atomic E-state index is 4.38. The van der Waals surface area contributed by atoms with Crippen LogP contribution in [0.25, 0.3) is 16.6 Å². The fourth-order valence-corrected chi connectivity index (χ4v) is 4.12. The zero-order chi connectivity index (χ0) is 17.7. The van der Waals surface area contributed by atoms with Gasteiger partial charge in [0.15, 0.2) is 0 Å². The Hall–Kier alpha value is -2.48. The van der Waals surface area contributed by atoms with E-state index in [1.165, 1.54) is 39.0 Å². The van der Waals surface area contributed by atoms with Gasteiger partial charge in [0.25, 0.3) is 0 Å². The number of anilines is 1. The third-order valence-corrected chi connectivity index (χ3v) is 5.39. The second-order valence-corrected chi connectivity index (χ2v) is 7.37. The van der Waals surface area contributed by atoms with Crippen LogP contribution in [0.3, 0.4) is 0 Å². The van der Waals surface area contributed by atoms with Gasteiger partial charge in [0.2, 0.25) is 0 Å². The van der Waals surface area contributed by atoms with Crippen LogP contribution in [-0.2, 0) is 13.0 Å². The molecular formula is C23H26N2.